The normalized spacial score (nSPS) is 19.5. The van der Waals surface area contributed by atoms with Gasteiger partial charge in [-0.05, 0) is 18.4 Å². The number of benzene rings is 1. The van der Waals surface area contributed by atoms with Gasteiger partial charge in [-0.3, -0.25) is 9.59 Å². The molecule has 5 heteroatoms. The average Bonchev–Trinajstić information content (AvgIpc) is 3.30. The van der Waals surface area contributed by atoms with Crippen LogP contribution in [0, 0.1) is 11.8 Å². The molecule has 0 aliphatic heterocycles. The lowest BCUT2D eigenvalue weighted by Gasteiger charge is -2.27. The van der Waals surface area contributed by atoms with Gasteiger partial charge in [-0.1, -0.05) is 39.0 Å². The molecule has 1 aromatic rings. The van der Waals surface area contributed by atoms with E-state index < -0.39 is 0 Å². The monoisotopic (exact) mass is 332 g/mol. The number of para-hydroxylation sites is 1. The fourth-order valence-corrected chi connectivity index (χ4v) is 2.82. The second-order valence-corrected chi connectivity index (χ2v) is 7.22. The van der Waals surface area contributed by atoms with Crippen LogP contribution in [0.25, 0.3) is 0 Å². The predicted molar refractivity (Wildman–Crippen MR) is 93.9 cm³/mol. The zero-order valence-corrected chi connectivity index (χ0v) is 15.0. The Balaban J connectivity index is 1.76. The van der Waals surface area contributed by atoms with Gasteiger partial charge in [0.1, 0.15) is 5.75 Å². The molecular formula is C19H28N2O3. The Morgan fingerprint density at radius 1 is 1.25 bits per heavy atom. The van der Waals surface area contributed by atoms with E-state index in [1.165, 1.54) is 0 Å². The topological polar surface area (TPSA) is 67.4 Å². The predicted octanol–water partition coefficient (Wildman–Crippen LogP) is 2.25. The zero-order chi connectivity index (χ0) is 17.7. The maximum atomic E-state index is 12.0. The molecule has 2 atom stereocenters. The standard InChI is InChI=1S/C19H28N2O3/c1-13-11-14(13)18(23)20-10-9-17(22)21-12-19(2,3)15-7-5-6-8-16(15)24-4/h5-8,13-14H,9-12H2,1-4H3,(H,20,23)(H,21,22)/t13-,14-/m1/s1. The Kier molecular flexibility index (Phi) is 5.86. The van der Waals surface area contributed by atoms with E-state index in [1.54, 1.807) is 7.11 Å². The summed E-state index contributed by atoms with van der Waals surface area (Å²) in [4.78, 5) is 23.7. The quantitative estimate of drug-likeness (QED) is 0.767. The van der Waals surface area contributed by atoms with Gasteiger partial charge in [-0.25, -0.2) is 0 Å². The number of carbonyl (C=O) groups excluding carboxylic acids is 2. The molecule has 1 saturated carbocycles. The summed E-state index contributed by atoms with van der Waals surface area (Å²) in [5.74, 6) is 1.48. The van der Waals surface area contributed by atoms with Gasteiger partial charge in [0, 0.05) is 36.4 Å². The van der Waals surface area contributed by atoms with Crippen molar-refractivity contribution >= 4 is 11.8 Å². The van der Waals surface area contributed by atoms with Gasteiger partial charge in [0.25, 0.3) is 0 Å². The van der Waals surface area contributed by atoms with Crippen LogP contribution < -0.4 is 15.4 Å². The molecule has 1 aromatic carbocycles. The number of carbonyl (C=O) groups is 2. The fraction of sp³-hybridized carbons (Fsp3) is 0.579. The Morgan fingerprint density at radius 2 is 1.92 bits per heavy atom. The van der Waals surface area contributed by atoms with Gasteiger partial charge in [-0.2, -0.15) is 0 Å². The van der Waals surface area contributed by atoms with Crippen molar-refractivity contribution in [2.24, 2.45) is 11.8 Å². The van der Waals surface area contributed by atoms with Gasteiger partial charge >= 0.3 is 0 Å². The highest BCUT2D eigenvalue weighted by Gasteiger charge is 2.38. The van der Waals surface area contributed by atoms with E-state index in [0.29, 0.717) is 25.4 Å². The largest absolute Gasteiger partial charge is 0.496 e. The Bertz CT molecular complexity index is 598. The van der Waals surface area contributed by atoms with E-state index in [9.17, 15) is 9.59 Å². The third-order valence-corrected chi connectivity index (χ3v) is 4.66. The van der Waals surface area contributed by atoms with Gasteiger partial charge in [-0.15, -0.1) is 0 Å². The van der Waals surface area contributed by atoms with Crippen molar-refractivity contribution in [1.82, 2.24) is 10.6 Å². The summed E-state index contributed by atoms with van der Waals surface area (Å²) >= 11 is 0. The van der Waals surface area contributed by atoms with Crippen molar-refractivity contribution in [3.05, 3.63) is 29.8 Å². The molecule has 5 nitrogen and oxygen atoms in total. The van der Waals surface area contributed by atoms with Crippen LogP contribution in [0.3, 0.4) is 0 Å². The Morgan fingerprint density at radius 3 is 2.54 bits per heavy atom. The minimum absolute atomic E-state index is 0.0536. The van der Waals surface area contributed by atoms with E-state index in [1.807, 2.05) is 24.3 Å². The second-order valence-electron chi connectivity index (χ2n) is 7.22. The van der Waals surface area contributed by atoms with E-state index in [4.69, 9.17) is 4.74 Å². The molecule has 2 rings (SSSR count). The van der Waals surface area contributed by atoms with Crippen molar-refractivity contribution in [2.45, 2.75) is 39.0 Å². The van der Waals surface area contributed by atoms with Gasteiger partial charge in [0.2, 0.25) is 11.8 Å². The molecule has 1 aliphatic rings. The van der Waals surface area contributed by atoms with E-state index in [-0.39, 0.29) is 23.1 Å². The maximum absolute atomic E-state index is 12.0. The van der Waals surface area contributed by atoms with E-state index in [0.717, 1.165) is 17.7 Å². The molecule has 1 aliphatic carbocycles. The Labute approximate surface area is 144 Å². The molecule has 0 saturated heterocycles. The fourth-order valence-electron chi connectivity index (χ4n) is 2.82. The first-order chi connectivity index (χ1) is 11.3. The molecule has 0 radical (unpaired) electrons. The summed E-state index contributed by atoms with van der Waals surface area (Å²) in [6.45, 7) is 7.11. The lowest BCUT2D eigenvalue weighted by molar-refractivity contribution is -0.123. The van der Waals surface area contributed by atoms with Crippen molar-refractivity contribution < 1.29 is 14.3 Å². The minimum atomic E-state index is -0.241. The lowest BCUT2D eigenvalue weighted by atomic mass is 9.84. The van der Waals surface area contributed by atoms with Crippen LogP contribution in [0.5, 0.6) is 5.75 Å². The summed E-state index contributed by atoms with van der Waals surface area (Å²) in [5, 5.41) is 5.79. The van der Waals surface area contributed by atoms with Crippen LogP contribution in [-0.2, 0) is 15.0 Å². The number of amides is 2. The lowest BCUT2D eigenvalue weighted by Crippen LogP contribution is -2.38. The number of ether oxygens (including phenoxy) is 1. The highest BCUT2D eigenvalue weighted by Crippen LogP contribution is 2.37. The van der Waals surface area contributed by atoms with Gasteiger partial charge in [0.05, 0.1) is 7.11 Å². The molecule has 0 heterocycles. The van der Waals surface area contributed by atoms with E-state index >= 15 is 0 Å². The number of nitrogens with one attached hydrogen (secondary N) is 2. The van der Waals surface area contributed by atoms with Crippen molar-refractivity contribution in [2.75, 3.05) is 20.2 Å². The summed E-state index contributed by atoms with van der Waals surface area (Å²) in [6.07, 6.45) is 1.26. The molecular weight excluding hydrogens is 304 g/mol. The first-order valence-electron chi connectivity index (χ1n) is 8.53. The van der Waals surface area contributed by atoms with Crippen LogP contribution in [0.15, 0.2) is 24.3 Å². The summed E-state index contributed by atoms with van der Waals surface area (Å²) in [5.41, 5.74) is 0.818. The van der Waals surface area contributed by atoms with Crippen LogP contribution in [0.4, 0.5) is 0 Å². The van der Waals surface area contributed by atoms with Crippen molar-refractivity contribution in [3.8, 4) is 5.75 Å². The number of rotatable bonds is 8. The van der Waals surface area contributed by atoms with E-state index in [2.05, 4.69) is 31.4 Å². The molecule has 0 aromatic heterocycles. The zero-order valence-electron chi connectivity index (χ0n) is 15.0. The number of methoxy groups -OCH3 is 1. The molecule has 0 unspecified atom stereocenters. The van der Waals surface area contributed by atoms with Crippen LogP contribution in [-0.4, -0.2) is 32.0 Å². The average molecular weight is 332 g/mol. The molecule has 2 amide bonds. The number of hydrogen-bond acceptors (Lipinski definition) is 3. The van der Waals surface area contributed by atoms with Crippen LogP contribution >= 0.6 is 0 Å². The minimum Gasteiger partial charge on any atom is -0.496 e. The third-order valence-electron chi connectivity index (χ3n) is 4.66. The molecule has 0 spiro atoms. The molecule has 2 N–H and O–H groups in total. The first-order valence-corrected chi connectivity index (χ1v) is 8.53. The van der Waals surface area contributed by atoms with Crippen molar-refractivity contribution in [3.63, 3.8) is 0 Å². The third kappa shape index (κ3) is 4.73. The van der Waals surface area contributed by atoms with Gasteiger partial charge in [0.15, 0.2) is 0 Å². The first kappa shape index (κ1) is 18.3. The summed E-state index contributed by atoms with van der Waals surface area (Å²) in [6, 6.07) is 7.84. The highest BCUT2D eigenvalue weighted by molar-refractivity contribution is 5.82. The van der Waals surface area contributed by atoms with Crippen molar-refractivity contribution in [1.29, 1.82) is 0 Å². The SMILES string of the molecule is COc1ccccc1C(C)(C)CNC(=O)CCNC(=O)[C@@H]1C[C@H]1C. The highest BCUT2D eigenvalue weighted by atomic mass is 16.5. The Hall–Kier alpha value is -2.04. The maximum Gasteiger partial charge on any atom is 0.223 e. The number of hydrogen-bond donors (Lipinski definition) is 2. The summed E-state index contributed by atoms with van der Waals surface area (Å²) in [7, 11) is 1.65. The van der Waals surface area contributed by atoms with Crippen LogP contribution in [0.1, 0.15) is 39.2 Å². The van der Waals surface area contributed by atoms with Gasteiger partial charge < -0.3 is 15.4 Å². The summed E-state index contributed by atoms with van der Waals surface area (Å²) < 4.78 is 5.41. The molecule has 24 heavy (non-hydrogen) atoms. The molecule has 1 fully saturated rings. The molecule has 132 valence electrons. The second kappa shape index (κ2) is 7.69. The smallest absolute Gasteiger partial charge is 0.223 e. The van der Waals surface area contributed by atoms with Crippen LogP contribution in [0.2, 0.25) is 0 Å². The molecule has 0 bridgehead atoms.